The highest BCUT2D eigenvalue weighted by Gasteiger charge is 2.25. The van der Waals surface area contributed by atoms with Crippen molar-refractivity contribution in [1.29, 1.82) is 5.26 Å². The summed E-state index contributed by atoms with van der Waals surface area (Å²) in [4.78, 5) is 25.9. The van der Waals surface area contributed by atoms with Gasteiger partial charge in [0, 0.05) is 47.6 Å². The second kappa shape index (κ2) is 7.04. The van der Waals surface area contributed by atoms with Crippen LogP contribution in [0.25, 0.3) is 11.3 Å². The monoisotopic (exact) mass is 367 g/mol. The highest BCUT2D eigenvalue weighted by atomic mass is 32.2. The SMILES string of the molecule is C=NCC1CSc2nc(-c3ccc(C(C)(C)C)nc3)c(C#N)c(=O)n2C1. The molecule has 0 saturated heterocycles. The maximum absolute atomic E-state index is 12.8. The van der Waals surface area contributed by atoms with E-state index < -0.39 is 0 Å². The van der Waals surface area contributed by atoms with Gasteiger partial charge in [-0.2, -0.15) is 5.26 Å². The first-order valence-corrected chi connectivity index (χ1v) is 9.41. The molecule has 3 rings (SSSR count). The van der Waals surface area contributed by atoms with Crippen molar-refractivity contribution in [3.8, 4) is 17.3 Å². The van der Waals surface area contributed by atoms with Crippen molar-refractivity contribution < 1.29 is 0 Å². The molecule has 2 aromatic heterocycles. The van der Waals surface area contributed by atoms with Gasteiger partial charge < -0.3 is 4.99 Å². The molecule has 134 valence electrons. The van der Waals surface area contributed by atoms with Gasteiger partial charge in [0.15, 0.2) is 5.16 Å². The number of aromatic nitrogens is 3. The fraction of sp³-hybridized carbons (Fsp3) is 0.421. The van der Waals surface area contributed by atoms with Crippen LogP contribution in [-0.4, -0.2) is 33.6 Å². The predicted octanol–water partition coefficient (Wildman–Crippen LogP) is 2.90. The lowest BCUT2D eigenvalue weighted by Gasteiger charge is -2.24. The van der Waals surface area contributed by atoms with Crippen molar-refractivity contribution in [3.63, 3.8) is 0 Å². The normalized spacial score (nSPS) is 16.6. The van der Waals surface area contributed by atoms with E-state index in [9.17, 15) is 10.1 Å². The Morgan fingerprint density at radius 1 is 1.46 bits per heavy atom. The van der Waals surface area contributed by atoms with Crippen LogP contribution in [0.5, 0.6) is 0 Å². The highest BCUT2D eigenvalue weighted by molar-refractivity contribution is 7.99. The van der Waals surface area contributed by atoms with Gasteiger partial charge in [-0.3, -0.25) is 14.3 Å². The first-order chi connectivity index (χ1) is 12.3. The van der Waals surface area contributed by atoms with E-state index in [1.807, 2.05) is 18.2 Å². The number of fused-ring (bicyclic) bond motifs is 1. The summed E-state index contributed by atoms with van der Waals surface area (Å²) in [6.45, 7) is 10.9. The largest absolute Gasteiger partial charge is 0.301 e. The Morgan fingerprint density at radius 2 is 2.23 bits per heavy atom. The molecule has 0 N–H and O–H groups in total. The smallest absolute Gasteiger partial charge is 0.272 e. The molecule has 1 aliphatic heterocycles. The summed E-state index contributed by atoms with van der Waals surface area (Å²) < 4.78 is 1.59. The number of nitrogens with zero attached hydrogens (tertiary/aromatic N) is 5. The van der Waals surface area contributed by atoms with Crippen molar-refractivity contribution in [2.45, 2.75) is 37.9 Å². The Morgan fingerprint density at radius 3 is 2.81 bits per heavy atom. The highest BCUT2D eigenvalue weighted by Crippen LogP contribution is 2.29. The van der Waals surface area contributed by atoms with Crippen molar-refractivity contribution in [2.75, 3.05) is 12.3 Å². The zero-order chi connectivity index (χ0) is 18.9. The Labute approximate surface area is 157 Å². The fourth-order valence-electron chi connectivity index (χ4n) is 2.89. The van der Waals surface area contributed by atoms with Crippen molar-refractivity contribution in [3.05, 3.63) is 39.9 Å². The van der Waals surface area contributed by atoms with Gasteiger partial charge in [-0.1, -0.05) is 32.5 Å². The van der Waals surface area contributed by atoms with E-state index in [1.165, 1.54) is 11.8 Å². The summed E-state index contributed by atoms with van der Waals surface area (Å²) >= 11 is 1.52. The average molecular weight is 367 g/mol. The Kier molecular flexibility index (Phi) is 4.97. The predicted molar refractivity (Wildman–Crippen MR) is 104 cm³/mol. The quantitative estimate of drug-likeness (QED) is 0.615. The molecular formula is C19H21N5OS. The van der Waals surface area contributed by atoms with Gasteiger partial charge in [0.2, 0.25) is 0 Å². The molecule has 2 aromatic rings. The van der Waals surface area contributed by atoms with Crippen LogP contribution < -0.4 is 5.56 Å². The molecule has 3 heterocycles. The van der Waals surface area contributed by atoms with Crippen LogP contribution in [0.3, 0.4) is 0 Å². The molecule has 1 aliphatic rings. The third-order valence-electron chi connectivity index (χ3n) is 4.33. The van der Waals surface area contributed by atoms with Gasteiger partial charge in [0.25, 0.3) is 5.56 Å². The minimum Gasteiger partial charge on any atom is -0.301 e. The zero-order valence-corrected chi connectivity index (χ0v) is 16.0. The number of hydrogen-bond donors (Lipinski definition) is 0. The lowest BCUT2D eigenvalue weighted by atomic mass is 9.91. The summed E-state index contributed by atoms with van der Waals surface area (Å²) in [5.41, 5.74) is 1.74. The maximum atomic E-state index is 12.8. The van der Waals surface area contributed by atoms with Gasteiger partial charge in [0.05, 0.1) is 5.69 Å². The van der Waals surface area contributed by atoms with Gasteiger partial charge in [-0.05, 0) is 18.9 Å². The van der Waals surface area contributed by atoms with Crippen molar-refractivity contribution in [1.82, 2.24) is 14.5 Å². The molecule has 0 bridgehead atoms. The second-order valence-corrected chi connectivity index (χ2v) is 8.40. The minimum atomic E-state index is -0.298. The molecule has 1 atom stereocenters. The Hall–Kier alpha value is -2.46. The summed E-state index contributed by atoms with van der Waals surface area (Å²) in [7, 11) is 0. The molecule has 7 heteroatoms. The van der Waals surface area contributed by atoms with Crippen molar-refractivity contribution >= 4 is 18.5 Å². The molecule has 0 aliphatic carbocycles. The molecule has 0 amide bonds. The molecule has 6 nitrogen and oxygen atoms in total. The topological polar surface area (TPSA) is 83.9 Å². The van der Waals surface area contributed by atoms with E-state index in [4.69, 9.17) is 0 Å². The molecule has 0 spiro atoms. The van der Waals surface area contributed by atoms with Crippen LogP contribution in [0.2, 0.25) is 0 Å². The average Bonchev–Trinajstić information content (AvgIpc) is 2.61. The van der Waals surface area contributed by atoms with Crippen molar-refractivity contribution in [2.24, 2.45) is 10.9 Å². The van der Waals surface area contributed by atoms with Gasteiger partial charge in [-0.15, -0.1) is 0 Å². The van der Waals surface area contributed by atoms with Crippen LogP contribution in [0.4, 0.5) is 0 Å². The minimum absolute atomic E-state index is 0.0619. The number of thioether (sulfide) groups is 1. The van der Waals surface area contributed by atoms with Crippen LogP contribution >= 0.6 is 11.8 Å². The third-order valence-corrected chi connectivity index (χ3v) is 5.54. The van der Waals surface area contributed by atoms with Crippen LogP contribution in [-0.2, 0) is 12.0 Å². The van der Waals surface area contributed by atoms with E-state index >= 15 is 0 Å². The number of aliphatic imine (C=N–C) groups is 1. The summed E-state index contributed by atoms with van der Waals surface area (Å²) in [5, 5.41) is 10.2. The summed E-state index contributed by atoms with van der Waals surface area (Å²) in [5.74, 6) is 1.06. The molecular weight excluding hydrogens is 346 g/mol. The molecule has 0 saturated carbocycles. The number of rotatable bonds is 3. The lowest BCUT2D eigenvalue weighted by Crippen LogP contribution is -2.34. The van der Waals surface area contributed by atoms with E-state index in [1.54, 1.807) is 10.8 Å². The standard InChI is InChI=1S/C19H21N5OS/c1-19(2,3)15-6-5-13(9-22-15)16-14(7-20)17(25)24-10-12(8-21-4)11-26-18(24)23-16/h5-6,9,12H,4,8,10-11H2,1-3H3. The number of pyridine rings is 1. The Bertz CT molecular complexity index is 935. The lowest BCUT2D eigenvalue weighted by molar-refractivity contribution is 0.440. The molecule has 0 fully saturated rings. The summed E-state index contributed by atoms with van der Waals surface area (Å²) in [6, 6.07) is 5.84. The van der Waals surface area contributed by atoms with Gasteiger partial charge in [-0.25, -0.2) is 4.98 Å². The first kappa shape index (κ1) is 18.3. The fourth-order valence-corrected chi connectivity index (χ4v) is 3.95. The van der Waals surface area contributed by atoms with Gasteiger partial charge >= 0.3 is 0 Å². The summed E-state index contributed by atoms with van der Waals surface area (Å²) in [6.07, 6.45) is 1.69. The number of hydrogen-bond acceptors (Lipinski definition) is 6. The molecule has 26 heavy (non-hydrogen) atoms. The van der Waals surface area contributed by atoms with E-state index in [0.717, 1.165) is 11.4 Å². The molecule has 0 aromatic carbocycles. The van der Waals surface area contributed by atoms with E-state index in [2.05, 4.69) is 42.4 Å². The van der Waals surface area contributed by atoms with Gasteiger partial charge in [0.1, 0.15) is 11.6 Å². The van der Waals surface area contributed by atoms with Crippen LogP contribution in [0.1, 0.15) is 32.0 Å². The number of nitriles is 1. The zero-order valence-electron chi connectivity index (χ0n) is 15.2. The molecule has 1 unspecified atom stereocenters. The molecule has 0 radical (unpaired) electrons. The maximum Gasteiger partial charge on any atom is 0.272 e. The van der Waals surface area contributed by atoms with Crippen LogP contribution in [0.15, 0.2) is 33.3 Å². The van der Waals surface area contributed by atoms with Crippen LogP contribution in [0, 0.1) is 17.2 Å². The first-order valence-electron chi connectivity index (χ1n) is 8.42. The van der Waals surface area contributed by atoms with E-state index in [-0.39, 0.29) is 22.5 Å². The second-order valence-electron chi connectivity index (χ2n) is 7.41. The van der Waals surface area contributed by atoms with E-state index in [0.29, 0.717) is 29.5 Å². The third kappa shape index (κ3) is 3.42. The Balaban J connectivity index is 2.07.